The Kier molecular flexibility index (Phi) is 2.32. The van der Waals surface area contributed by atoms with E-state index >= 15 is 0 Å². The number of hydrogen-bond donors (Lipinski definition) is 2. The zero-order chi connectivity index (χ0) is 12.0. The zero-order valence-electron chi connectivity index (χ0n) is 9.09. The third-order valence-corrected chi connectivity index (χ3v) is 3.42. The van der Waals surface area contributed by atoms with Crippen molar-refractivity contribution >= 4 is 5.95 Å². The number of nitrogens with zero attached hydrogens (tertiary/aromatic N) is 2. The predicted octanol–water partition coefficient (Wildman–Crippen LogP) is 1.31. The van der Waals surface area contributed by atoms with E-state index in [2.05, 4.69) is 15.6 Å². The maximum atomic E-state index is 12.5. The Balaban J connectivity index is 1.89. The zero-order valence-corrected chi connectivity index (χ0v) is 9.09. The van der Waals surface area contributed by atoms with E-state index in [-0.39, 0.29) is 6.04 Å². The fourth-order valence-electron chi connectivity index (χ4n) is 2.53. The smallest absolute Gasteiger partial charge is 0.352 e. The standard InChI is InChI=1S/C10H13F3N4/c11-10(12,13)8-5-17-4-6-3-14-2-1-7(6)15-9(17)16-8/h5-7,14H,1-4H2,(H,15,16). The van der Waals surface area contributed by atoms with Gasteiger partial charge in [-0.25, -0.2) is 4.98 Å². The van der Waals surface area contributed by atoms with E-state index in [1.54, 1.807) is 4.57 Å². The molecule has 0 aromatic carbocycles. The van der Waals surface area contributed by atoms with Crippen molar-refractivity contribution < 1.29 is 13.2 Å². The first-order valence-electron chi connectivity index (χ1n) is 5.65. The highest BCUT2D eigenvalue weighted by atomic mass is 19.4. The molecule has 0 radical (unpaired) electrons. The van der Waals surface area contributed by atoms with Crippen LogP contribution in [0.1, 0.15) is 12.1 Å². The lowest BCUT2D eigenvalue weighted by Crippen LogP contribution is -2.48. The summed E-state index contributed by atoms with van der Waals surface area (Å²) >= 11 is 0. The van der Waals surface area contributed by atoms with Crippen molar-refractivity contribution in [2.24, 2.45) is 5.92 Å². The van der Waals surface area contributed by atoms with Crippen LogP contribution in [-0.4, -0.2) is 28.7 Å². The summed E-state index contributed by atoms with van der Waals surface area (Å²) in [5, 5.41) is 6.36. The number of anilines is 1. The number of halogens is 3. The molecule has 2 N–H and O–H groups in total. The average molecular weight is 246 g/mol. The fourth-order valence-corrected chi connectivity index (χ4v) is 2.53. The molecule has 0 amide bonds. The highest BCUT2D eigenvalue weighted by molar-refractivity contribution is 5.34. The molecule has 0 bridgehead atoms. The molecule has 2 unspecified atom stereocenters. The lowest BCUT2D eigenvalue weighted by Gasteiger charge is -2.37. The molecule has 94 valence electrons. The largest absolute Gasteiger partial charge is 0.434 e. The van der Waals surface area contributed by atoms with Gasteiger partial charge in [0.05, 0.1) is 0 Å². The Morgan fingerprint density at radius 2 is 2.24 bits per heavy atom. The number of nitrogens with one attached hydrogen (secondary N) is 2. The molecule has 1 fully saturated rings. The van der Waals surface area contributed by atoms with Crippen molar-refractivity contribution in [2.45, 2.75) is 25.2 Å². The van der Waals surface area contributed by atoms with Crippen molar-refractivity contribution in [3.05, 3.63) is 11.9 Å². The van der Waals surface area contributed by atoms with E-state index in [1.807, 2.05) is 0 Å². The number of piperidine rings is 1. The van der Waals surface area contributed by atoms with Crippen LogP contribution in [0.4, 0.5) is 19.1 Å². The molecule has 2 atom stereocenters. The second kappa shape index (κ2) is 3.63. The molecule has 0 spiro atoms. The Hall–Kier alpha value is -1.24. The molecule has 0 aliphatic carbocycles. The molecular formula is C10H13F3N4. The molecule has 0 saturated carbocycles. The number of alkyl halides is 3. The molecule has 1 aromatic heterocycles. The second-order valence-electron chi connectivity index (χ2n) is 4.60. The van der Waals surface area contributed by atoms with Crippen LogP contribution < -0.4 is 10.6 Å². The molecule has 2 aliphatic rings. The fraction of sp³-hybridized carbons (Fsp3) is 0.700. The van der Waals surface area contributed by atoms with Gasteiger partial charge in [-0.3, -0.25) is 0 Å². The van der Waals surface area contributed by atoms with E-state index in [4.69, 9.17) is 0 Å². The predicted molar refractivity (Wildman–Crippen MR) is 55.6 cm³/mol. The highest BCUT2D eigenvalue weighted by Gasteiger charge is 2.38. The van der Waals surface area contributed by atoms with Crippen LogP contribution in [0.25, 0.3) is 0 Å². The van der Waals surface area contributed by atoms with Crippen molar-refractivity contribution in [3.8, 4) is 0 Å². The maximum Gasteiger partial charge on any atom is 0.434 e. The second-order valence-corrected chi connectivity index (χ2v) is 4.60. The van der Waals surface area contributed by atoms with Gasteiger partial charge in [0.1, 0.15) is 0 Å². The summed E-state index contributed by atoms with van der Waals surface area (Å²) < 4.78 is 39.2. The van der Waals surface area contributed by atoms with E-state index in [0.29, 0.717) is 18.4 Å². The first kappa shape index (κ1) is 10.9. The van der Waals surface area contributed by atoms with E-state index in [1.165, 1.54) is 0 Å². The minimum atomic E-state index is -4.37. The summed E-state index contributed by atoms with van der Waals surface area (Å²) in [4.78, 5) is 3.62. The Morgan fingerprint density at radius 3 is 3.00 bits per heavy atom. The van der Waals surface area contributed by atoms with Gasteiger partial charge >= 0.3 is 6.18 Å². The summed E-state index contributed by atoms with van der Waals surface area (Å²) in [5.74, 6) is 0.687. The van der Waals surface area contributed by atoms with Crippen molar-refractivity contribution in [3.63, 3.8) is 0 Å². The first-order chi connectivity index (χ1) is 8.04. The van der Waals surface area contributed by atoms with Crippen LogP contribution in [0.2, 0.25) is 0 Å². The summed E-state index contributed by atoms with van der Waals surface area (Å²) in [6.45, 7) is 2.35. The SMILES string of the molecule is FC(F)(F)c1cn2c(n1)NC1CCNCC1C2. The minimum absolute atomic E-state index is 0.243. The first-order valence-corrected chi connectivity index (χ1v) is 5.65. The molecule has 3 rings (SSSR count). The van der Waals surface area contributed by atoms with E-state index in [9.17, 15) is 13.2 Å². The van der Waals surface area contributed by atoms with Gasteiger partial charge in [-0.15, -0.1) is 0 Å². The van der Waals surface area contributed by atoms with Crippen LogP contribution >= 0.6 is 0 Å². The summed E-state index contributed by atoms with van der Waals surface area (Å²) in [5.41, 5.74) is -0.813. The van der Waals surface area contributed by atoms with Crippen molar-refractivity contribution in [1.29, 1.82) is 0 Å². The Bertz CT molecular complexity index is 394. The van der Waals surface area contributed by atoms with Crippen LogP contribution in [0.5, 0.6) is 0 Å². The van der Waals surface area contributed by atoms with Crippen molar-refractivity contribution in [2.75, 3.05) is 18.4 Å². The third-order valence-electron chi connectivity index (χ3n) is 3.42. The van der Waals surface area contributed by atoms with Crippen LogP contribution in [-0.2, 0) is 12.7 Å². The molecule has 3 heterocycles. The number of fused-ring (bicyclic) bond motifs is 2. The summed E-state index contributed by atoms with van der Waals surface area (Å²) in [6, 6.07) is 0.243. The molecule has 4 nitrogen and oxygen atoms in total. The minimum Gasteiger partial charge on any atom is -0.352 e. The number of rotatable bonds is 0. The van der Waals surface area contributed by atoms with Crippen LogP contribution in [0.15, 0.2) is 6.20 Å². The van der Waals surface area contributed by atoms with Gasteiger partial charge in [0.25, 0.3) is 0 Å². The van der Waals surface area contributed by atoms with Gasteiger partial charge in [-0.05, 0) is 13.0 Å². The number of hydrogen-bond acceptors (Lipinski definition) is 3. The van der Waals surface area contributed by atoms with Gasteiger partial charge in [-0.2, -0.15) is 13.2 Å². The van der Waals surface area contributed by atoms with E-state index < -0.39 is 11.9 Å². The number of aromatic nitrogens is 2. The lowest BCUT2D eigenvalue weighted by molar-refractivity contribution is -0.140. The van der Waals surface area contributed by atoms with Crippen molar-refractivity contribution in [1.82, 2.24) is 14.9 Å². The molecule has 2 aliphatic heterocycles. The van der Waals surface area contributed by atoms with Crippen LogP contribution in [0.3, 0.4) is 0 Å². The average Bonchev–Trinajstić information content (AvgIpc) is 2.68. The highest BCUT2D eigenvalue weighted by Crippen LogP contribution is 2.32. The Morgan fingerprint density at radius 1 is 1.41 bits per heavy atom. The summed E-state index contributed by atoms with van der Waals surface area (Å²) in [7, 11) is 0. The third kappa shape index (κ3) is 1.88. The van der Waals surface area contributed by atoms with Crippen LogP contribution in [0, 0.1) is 5.92 Å². The van der Waals surface area contributed by atoms with Gasteiger partial charge in [0.2, 0.25) is 5.95 Å². The van der Waals surface area contributed by atoms with Gasteiger partial charge < -0.3 is 15.2 Å². The molecule has 1 saturated heterocycles. The van der Waals surface area contributed by atoms with E-state index in [0.717, 1.165) is 25.7 Å². The summed E-state index contributed by atoms with van der Waals surface area (Å²) in [6.07, 6.45) is -2.35. The molecule has 7 heteroatoms. The molecule has 17 heavy (non-hydrogen) atoms. The topological polar surface area (TPSA) is 41.9 Å². The number of imidazole rings is 1. The molecular weight excluding hydrogens is 233 g/mol. The van der Waals surface area contributed by atoms with Gasteiger partial charge in [-0.1, -0.05) is 0 Å². The maximum absolute atomic E-state index is 12.5. The molecule has 1 aromatic rings. The van der Waals surface area contributed by atoms with Gasteiger partial charge in [0, 0.05) is 31.2 Å². The van der Waals surface area contributed by atoms with Gasteiger partial charge in [0.15, 0.2) is 5.69 Å². The monoisotopic (exact) mass is 246 g/mol. The lowest BCUT2D eigenvalue weighted by atomic mass is 9.92. The normalized spacial score (nSPS) is 28.2. The Labute approximate surface area is 96.2 Å². The quantitative estimate of drug-likeness (QED) is 0.725.